The van der Waals surface area contributed by atoms with Crippen molar-refractivity contribution in [3.8, 4) is 5.75 Å². The number of benzene rings is 1. The van der Waals surface area contributed by atoms with Crippen LogP contribution < -0.4 is 10.1 Å². The molecule has 0 aliphatic rings. The standard InChI is InChI=1S/C16H21NO2/c1-3-4-13-5-7-15(8-6-13)19-12-16-14(11-17-2)9-10-18-16/h5-10,17H,3-4,11-12H2,1-2H3. The van der Waals surface area contributed by atoms with E-state index in [1.165, 1.54) is 12.0 Å². The molecule has 0 aliphatic heterocycles. The van der Waals surface area contributed by atoms with Gasteiger partial charge in [-0.1, -0.05) is 25.5 Å². The van der Waals surface area contributed by atoms with Gasteiger partial charge in [-0.25, -0.2) is 0 Å². The molecule has 1 aromatic carbocycles. The van der Waals surface area contributed by atoms with Gasteiger partial charge >= 0.3 is 0 Å². The highest BCUT2D eigenvalue weighted by atomic mass is 16.5. The minimum Gasteiger partial charge on any atom is -0.486 e. The lowest BCUT2D eigenvalue weighted by Crippen LogP contribution is -2.07. The fourth-order valence-corrected chi connectivity index (χ4v) is 2.03. The second-order valence-corrected chi connectivity index (χ2v) is 4.58. The number of hydrogen-bond acceptors (Lipinski definition) is 3. The summed E-state index contributed by atoms with van der Waals surface area (Å²) in [7, 11) is 1.92. The molecule has 1 heterocycles. The van der Waals surface area contributed by atoms with Crippen molar-refractivity contribution in [3.05, 3.63) is 53.5 Å². The van der Waals surface area contributed by atoms with Gasteiger partial charge in [-0.3, -0.25) is 0 Å². The van der Waals surface area contributed by atoms with E-state index in [1.54, 1.807) is 6.26 Å². The Labute approximate surface area is 114 Å². The molecule has 3 nitrogen and oxygen atoms in total. The van der Waals surface area contributed by atoms with Crippen LogP contribution in [0.5, 0.6) is 5.75 Å². The fourth-order valence-electron chi connectivity index (χ4n) is 2.03. The van der Waals surface area contributed by atoms with E-state index in [4.69, 9.17) is 9.15 Å². The molecule has 0 saturated carbocycles. The van der Waals surface area contributed by atoms with E-state index in [1.807, 2.05) is 25.2 Å². The molecule has 2 rings (SSSR count). The summed E-state index contributed by atoms with van der Waals surface area (Å²) in [5.74, 6) is 1.76. The van der Waals surface area contributed by atoms with Gasteiger partial charge in [-0.05, 0) is 37.2 Å². The van der Waals surface area contributed by atoms with Crippen LogP contribution in [0, 0.1) is 0 Å². The maximum absolute atomic E-state index is 5.75. The Kier molecular flexibility index (Phi) is 5.04. The molecule has 1 N–H and O–H groups in total. The Morgan fingerprint density at radius 2 is 1.95 bits per heavy atom. The summed E-state index contributed by atoms with van der Waals surface area (Å²) in [6, 6.07) is 10.3. The number of rotatable bonds is 7. The highest BCUT2D eigenvalue weighted by Gasteiger charge is 2.06. The van der Waals surface area contributed by atoms with Crippen LogP contribution in [0.15, 0.2) is 41.0 Å². The Morgan fingerprint density at radius 1 is 1.16 bits per heavy atom. The van der Waals surface area contributed by atoms with E-state index in [9.17, 15) is 0 Å². The van der Waals surface area contributed by atoms with Gasteiger partial charge in [0, 0.05) is 12.1 Å². The second kappa shape index (κ2) is 7.00. The van der Waals surface area contributed by atoms with Gasteiger partial charge < -0.3 is 14.5 Å². The van der Waals surface area contributed by atoms with Crippen molar-refractivity contribution in [1.29, 1.82) is 0 Å². The highest BCUT2D eigenvalue weighted by molar-refractivity contribution is 5.27. The van der Waals surface area contributed by atoms with Gasteiger partial charge in [0.2, 0.25) is 0 Å². The van der Waals surface area contributed by atoms with Gasteiger partial charge in [0.25, 0.3) is 0 Å². The maximum atomic E-state index is 5.75. The third-order valence-corrected chi connectivity index (χ3v) is 3.04. The first kappa shape index (κ1) is 13.7. The van der Waals surface area contributed by atoms with Crippen LogP contribution in [0.4, 0.5) is 0 Å². The predicted molar refractivity (Wildman–Crippen MR) is 76.2 cm³/mol. The second-order valence-electron chi connectivity index (χ2n) is 4.58. The number of hydrogen-bond donors (Lipinski definition) is 1. The normalized spacial score (nSPS) is 10.6. The summed E-state index contributed by atoms with van der Waals surface area (Å²) in [5.41, 5.74) is 2.49. The summed E-state index contributed by atoms with van der Waals surface area (Å²) in [4.78, 5) is 0. The molecule has 3 heteroatoms. The molecule has 0 fully saturated rings. The summed E-state index contributed by atoms with van der Waals surface area (Å²) < 4.78 is 11.2. The van der Waals surface area contributed by atoms with Gasteiger partial charge in [0.05, 0.1) is 6.26 Å². The minimum atomic E-state index is 0.469. The zero-order valence-electron chi connectivity index (χ0n) is 11.6. The molecule has 0 amide bonds. The molecule has 0 unspecified atom stereocenters. The molecule has 2 aromatic rings. The molecular weight excluding hydrogens is 238 g/mol. The van der Waals surface area contributed by atoms with Crippen LogP contribution in [-0.4, -0.2) is 7.05 Å². The van der Waals surface area contributed by atoms with Crippen LogP contribution in [0.3, 0.4) is 0 Å². The van der Waals surface area contributed by atoms with Crippen molar-refractivity contribution in [2.75, 3.05) is 7.05 Å². The van der Waals surface area contributed by atoms with Crippen molar-refractivity contribution in [2.24, 2.45) is 0 Å². The molecule has 0 atom stereocenters. The van der Waals surface area contributed by atoms with Crippen LogP contribution >= 0.6 is 0 Å². The monoisotopic (exact) mass is 259 g/mol. The topological polar surface area (TPSA) is 34.4 Å². The van der Waals surface area contributed by atoms with Crippen LogP contribution in [0.25, 0.3) is 0 Å². The lowest BCUT2D eigenvalue weighted by molar-refractivity contribution is 0.268. The molecule has 1 aromatic heterocycles. The van der Waals surface area contributed by atoms with Crippen molar-refractivity contribution >= 4 is 0 Å². The van der Waals surface area contributed by atoms with E-state index in [0.29, 0.717) is 6.61 Å². The highest BCUT2D eigenvalue weighted by Crippen LogP contribution is 2.17. The van der Waals surface area contributed by atoms with E-state index < -0.39 is 0 Å². The Hall–Kier alpha value is -1.74. The van der Waals surface area contributed by atoms with E-state index in [0.717, 1.165) is 30.0 Å². The first-order valence-electron chi connectivity index (χ1n) is 6.75. The Balaban J connectivity index is 1.92. The quantitative estimate of drug-likeness (QED) is 0.826. The molecule has 102 valence electrons. The van der Waals surface area contributed by atoms with Crippen molar-refractivity contribution in [1.82, 2.24) is 5.32 Å². The number of nitrogens with one attached hydrogen (secondary N) is 1. The third-order valence-electron chi connectivity index (χ3n) is 3.04. The van der Waals surface area contributed by atoms with Crippen LogP contribution in [-0.2, 0) is 19.6 Å². The average Bonchev–Trinajstić information content (AvgIpc) is 2.86. The van der Waals surface area contributed by atoms with E-state index in [-0.39, 0.29) is 0 Å². The van der Waals surface area contributed by atoms with Crippen LogP contribution in [0.1, 0.15) is 30.2 Å². The first-order chi connectivity index (χ1) is 9.33. The molecular formula is C16H21NO2. The molecule has 19 heavy (non-hydrogen) atoms. The fraction of sp³-hybridized carbons (Fsp3) is 0.375. The van der Waals surface area contributed by atoms with E-state index >= 15 is 0 Å². The molecule has 0 spiro atoms. The lowest BCUT2D eigenvalue weighted by atomic mass is 10.1. The van der Waals surface area contributed by atoms with Crippen molar-refractivity contribution in [3.63, 3.8) is 0 Å². The summed E-state index contributed by atoms with van der Waals surface area (Å²) in [6.45, 7) is 3.45. The first-order valence-corrected chi connectivity index (χ1v) is 6.75. The number of aryl methyl sites for hydroxylation is 1. The number of furan rings is 1. The molecule has 0 saturated heterocycles. The Morgan fingerprint density at radius 3 is 2.63 bits per heavy atom. The minimum absolute atomic E-state index is 0.469. The van der Waals surface area contributed by atoms with Crippen LogP contribution in [0.2, 0.25) is 0 Å². The van der Waals surface area contributed by atoms with Gasteiger partial charge in [0.1, 0.15) is 18.1 Å². The molecule has 0 bridgehead atoms. The lowest BCUT2D eigenvalue weighted by Gasteiger charge is -2.07. The Bertz CT molecular complexity index is 488. The average molecular weight is 259 g/mol. The summed E-state index contributed by atoms with van der Waals surface area (Å²) in [6.07, 6.45) is 3.99. The molecule has 0 radical (unpaired) electrons. The largest absolute Gasteiger partial charge is 0.486 e. The van der Waals surface area contributed by atoms with Gasteiger partial charge in [0.15, 0.2) is 0 Å². The number of ether oxygens (including phenoxy) is 1. The summed E-state index contributed by atoms with van der Waals surface area (Å²) in [5, 5.41) is 3.11. The third kappa shape index (κ3) is 3.86. The zero-order chi connectivity index (χ0) is 13.5. The SMILES string of the molecule is CCCc1ccc(OCc2occc2CNC)cc1. The smallest absolute Gasteiger partial charge is 0.146 e. The molecule has 0 aliphatic carbocycles. The van der Waals surface area contributed by atoms with Gasteiger partial charge in [-0.15, -0.1) is 0 Å². The predicted octanol–water partition coefficient (Wildman–Crippen LogP) is 3.53. The maximum Gasteiger partial charge on any atom is 0.146 e. The van der Waals surface area contributed by atoms with Crippen molar-refractivity contribution < 1.29 is 9.15 Å². The summed E-state index contributed by atoms with van der Waals surface area (Å²) >= 11 is 0. The van der Waals surface area contributed by atoms with Crippen molar-refractivity contribution in [2.45, 2.75) is 32.9 Å². The van der Waals surface area contributed by atoms with Gasteiger partial charge in [-0.2, -0.15) is 0 Å². The van der Waals surface area contributed by atoms with E-state index in [2.05, 4.69) is 24.4 Å². The zero-order valence-corrected chi connectivity index (χ0v) is 11.6.